The molecule has 0 aromatic rings. The summed E-state index contributed by atoms with van der Waals surface area (Å²) in [6.45, 7) is 24.5. The predicted octanol–water partition coefficient (Wildman–Crippen LogP) is 10.1. The number of aliphatic carboxylic acids is 1. The summed E-state index contributed by atoms with van der Waals surface area (Å²) < 4.78 is 20.6. The average Bonchev–Trinajstić information content (AvgIpc) is 3.38. The van der Waals surface area contributed by atoms with E-state index in [4.69, 9.17) is 4.74 Å². The van der Waals surface area contributed by atoms with Crippen molar-refractivity contribution in [1.29, 1.82) is 0 Å². The molecule has 48 heavy (non-hydrogen) atoms. The van der Waals surface area contributed by atoms with Crippen molar-refractivity contribution in [3.8, 4) is 0 Å². The Balaban J connectivity index is 1.41. The maximum atomic E-state index is 14.3. The SMILES string of the molecule is C=C(C)[C@@H]1CC[C@]2(C(O)/C=C/C(F)CC)CC[C@]3(C)[C@H](CC[C@@H]4[C@@]5(C)CC[C@H](OC(=O)CC(C)(C)CC(=O)O)C(C)(C)[C@@H]5CC[C@]43C)[C@@H]12. The van der Waals surface area contributed by atoms with E-state index in [1.54, 1.807) is 12.2 Å². The number of alkyl halides is 1. The molecule has 0 aromatic carbocycles. The van der Waals surface area contributed by atoms with Crippen LogP contribution in [-0.4, -0.2) is 40.5 Å². The van der Waals surface area contributed by atoms with Crippen molar-refractivity contribution >= 4 is 11.9 Å². The van der Waals surface area contributed by atoms with Gasteiger partial charge in [0.1, 0.15) is 12.3 Å². The summed E-state index contributed by atoms with van der Waals surface area (Å²) >= 11 is 0. The molecule has 272 valence electrons. The van der Waals surface area contributed by atoms with Gasteiger partial charge in [-0.25, -0.2) is 4.39 Å². The van der Waals surface area contributed by atoms with Gasteiger partial charge in [-0.1, -0.05) is 79.7 Å². The first-order chi connectivity index (χ1) is 22.2. The summed E-state index contributed by atoms with van der Waals surface area (Å²) in [6, 6.07) is 0. The Morgan fingerprint density at radius 1 is 0.917 bits per heavy atom. The number of allylic oxidation sites excluding steroid dienone is 2. The van der Waals surface area contributed by atoms with E-state index in [1.807, 2.05) is 20.8 Å². The lowest BCUT2D eigenvalue weighted by Crippen LogP contribution is -2.67. The molecule has 5 rings (SSSR count). The number of carboxylic acid groups (broad SMARTS) is 1. The van der Waals surface area contributed by atoms with Gasteiger partial charge >= 0.3 is 11.9 Å². The Morgan fingerprint density at radius 2 is 1.60 bits per heavy atom. The van der Waals surface area contributed by atoms with E-state index in [9.17, 15) is 24.2 Å². The molecule has 0 amide bonds. The summed E-state index contributed by atoms with van der Waals surface area (Å²) in [5.74, 6) is 1.06. The third-order valence-electron chi connectivity index (χ3n) is 16.1. The Labute approximate surface area is 290 Å². The van der Waals surface area contributed by atoms with E-state index in [-0.39, 0.29) is 52.0 Å². The molecule has 5 fully saturated rings. The van der Waals surface area contributed by atoms with Gasteiger partial charge in [0, 0.05) is 10.8 Å². The van der Waals surface area contributed by atoms with Crippen molar-refractivity contribution in [2.75, 3.05) is 0 Å². The Hall–Kier alpha value is -1.69. The third kappa shape index (κ3) is 5.94. The highest BCUT2D eigenvalue weighted by molar-refractivity contribution is 5.73. The Morgan fingerprint density at radius 3 is 2.23 bits per heavy atom. The van der Waals surface area contributed by atoms with Gasteiger partial charge in [-0.2, -0.15) is 0 Å². The topological polar surface area (TPSA) is 83.8 Å². The summed E-state index contributed by atoms with van der Waals surface area (Å²) in [5.41, 5.74) is 0.618. The molecule has 5 aliphatic rings. The molecule has 12 atom stereocenters. The molecular weight excluding hydrogens is 603 g/mol. The number of aliphatic hydroxyl groups excluding tert-OH is 1. The molecular formula is C42H67FO5. The van der Waals surface area contributed by atoms with E-state index in [2.05, 4.69) is 48.1 Å². The van der Waals surface area contributed by atoms with Crippen LogP contribution in [0.2, 0.25) is 0 Å². The van der Waals surface area contributed by atoms with Crippen LogP contribution >= 0.6 is 0 Å². The van der Waals surface area contributed by atoms with Crippen molar-refractivity contribution < 1.29 is 28.9 Å². The van der Waals surface area contributed by atoms with Gasteiger partial charge < -0.3 is 14.9 Å². The van der Waals surface area contributed by atoms with Crippen LogP contribution in [0, 0.1) is 62.1 Å². The number of carboxylic acids is 1. The number of aliphatic hydroxyl groups is 1. The lowest BCUT2D eigenvalue weighted by atomic mass is 9.32. The van der Waals surface area contributed by atoms with Gasteiger partial charge in [0.05, 0.1) is 18.9 Å². The summed E-state index contributed by atoms with van der Waals surface area (Å²) in [6.07, 6.45) is 12.7. The smallest absolute Gasteiger partial charge is 0.306 e. The second-order valence-corrected chi connectivity index (χ2v) is 19.4. The van der Waals surface area contributed by atoms with Crippen molar-refractivity contribution in [2.24, 2.45) is 62.1 Å². The summed E-state index contributed by atoms with van der Waals surface area (Å²) in [7, 11) is 0. The zero-order chi connectivity index (χ0) is 35.7. The van der Waals surface area contributed by atoms with Crippen LogP contribution in [0.25, 0.3) is 0 Å². The van der Waals surface area contributed by atoms with Crippen LogP contribution in [-0.2, 0) is 14.3 Å². The summed E-state index contributed by atoms with van der Waals surface area (Å²) in [4.78, 5) is 24.5. The lowest BCUT2D eigenvalue weighted by molar-refractivity contribution is -0.254. The predicted molar refractivity (Wildman–Crippen MR) is 190 cm³/mol. The maximum absolute atomic E-state index is 14.3. The molecule has 0 heterocycles. The number of fused-ring (bicyclic) bond motifs is 7. The normalized spacial score (nSPS) is 43.3. The fourth-order valence-corrected chi connectivity index (χ4v) is 13.5. The van der Waals surface area contributed by atoms with Gasteiger partial charge in [0.15, 0.2) is 0 Å². The minimum Gasteiger partial charge on any atom is -0.481 e. The molecule has 0 saturated heterocycles. The largest absolute Gasteiger partial charge is 0.481 e. The first kappa shape index (κ1) is 37.6. The quantitative estimate of drug-likeness (QED) is 0.179. The minimum atomic E-state index is -1.02. The maximum Gasteiger partial charge on any atom is 0.306 e. The molecule has 5 saturated carbocycles. The highest BCUT2D eigenvalue weighted by Gasteiger charge is 2.71. The van der Waals surface area contributed by atoms with Crippen molar-refractivity contribution in [3.63, 3.8) is 0 Å². The monoisotopic (exact) mass is 670 g/mol. The Kier molecular flexibility index (Phi) is 10.0. The molecule has 0 aromatic heterocycles. The average molecular weight is 671 g/mol. The molecule has 0 aliphatic heterocycles. The highest BCUT2D eigenvalue weighted by Crippen LogP contribution is 2.78. The standard InChI is InChI=1S/C42H67FO5/c1-11-27(43)12-15-32(44)42-21-16-28(26(2)3)36(42)29-13-14-31-39(8)19-18-33(48-35(47)25-37(4,5)24-34(45)46)38(6,7)30(39)17-20-41(31,10)40(29,9)22-23-42/h12,15,27-33,36,44H,2,11,13-14,16-25H2,1,3-10H3,(H,45,46)/b15-12+/t27?,28-,29+,30-,31+,32?,33-,36+,39-,40+,41+,42+/m0/s1. The van der Waals surface area contributed by atoms with Crippen molar-refractivity contribution in [3.05, 3.63) is 24.3 Å². The van der Waals surface area contributed by atoms with Gasteiger partial charge in [-0.3, -0.25) is 9.59 Å². The molecule has 5 aliphatic carbocycles. The van der Waals surface area contributed by atoms with E-state index >= 15 is 0 Å². The fourth-order valence-electron chi connectivity index (χ4n) is 13.5. The number of esters is 1. The van der Waals surface area contributed by atoms with E-state index < -0.39 is 23.7 Å². The van der Waals surface area contributed by atoms with Crippen LogP contribution in [0.5, 0.6) is 0 Å². The molecule has 0 spiro atoms. The van der Waals surface area contributed by atoms with Crippen LogP contribution in [0.15, 0.2) is 24.3 Å². The zero-order valence-corrected chi connectivity index (χ0v) is 31.7. The fraction of sp³-hybridized carbons (Fsp3) is 0.857. The molecule has 0 radical (unpaired) electrons. The molecule has 6 heteroatoms. The zero-order valence-electron chi connectivity index (χ0n) is 31.7. The van der Waals surface area contributed by atoms with E-state index in [1.165, 1.54) is 12.0 Å². The molecule has 0 bridgehead atoms. The van der Waals surface area contributed by atoms with Gasteiger partial charge in [0.2, 0.25) is 0 Å². The van der Waals surface area contributed by atoms with Crippen LogP contribution in [0.4, 0.5) is 4.39 Å². The number of ether oxygens (including phenoxy) is 1. The van der Waals surface area contributed by atoms with Gasteiger partial charge in [-0.05, 0) is 129 Å². The second-order valence-electron chi connectivity index (χ2n) is 19.4. The first-order valence-corrected chi connectivity index (χ1v) is 19.3. The number of hydrogen-bond acceptors (Lipinski definition) is 4. The Bertz CT molecular complexity index is 1290. The van der Waals surface area contributed by atoms with Crippen molar-refractivity contribution in [2.45, 2.75) is 164 Å². The van der Waals surface area contributed by atoms with Gasteiger partial charge in [-0.15, -0.1) is 0 Å². The minimum absolute atomic E-state index is 0.0570. The van der Waals surface area contributed by atoms with Crippen LogP contribution < -0.4 is 0 Å². The van der Waals surface area contributed by atoms with E-state index in [0.29, 0.717) is 36.0 Å². The molecule has 2 N–H and O–H groups in total. The first-order valence-electron chi connectivity index (χ1n) is 19.3. The number of carbonyl (C=O) groups excluding carboxylic acids is 1. The van der Waals surface area contributed by atoms with E-state index in [0.717, 1.165) is 57.8 Å². The number of carbonyl (C=O) groups is 2. The summed E-state index contributed by atoms with van der Waals surface area (Å²) in [5, 5.41) is 21.2. The number of hydrogen-bond donors (Lipinski definition) is 2. The lowest BCUT2D eigenvalue weighted by Gasteiger charge is -2.73. The highest BCUT2D eigenvalue weighted by atomic mass is 19.1. The molecule has 5 nitrogen and oxygen atoms in total. The van der Waals surface area contributed by atoms with Crippen molar-refractivity contribution in [1.82, 2.24) is 0 Å². The van der Waals surface area contributed by atoms with Gasteiger partial charge in [0.25, 0.3) is 0 Å². The number of halogens is 1. The molecule has 2 unspecified atom stereocenters. The van der Waals surface area contributed by atoms with Crippen LogP contribution in [0.1, 0.15) is 146 Å². The second kappa shape index (κ2) is 12.8. The number of rotatable bonds is 10. The third-order valence-corrected chi connectivity index (χ3v) is 16.1. The van der Waals surface area contributed by atoms with Crippen LogP contribution in [0.3, 0.4) is 0 Å².